The molecule has 0 aromatic carbocycles. The molecule has 0 aliphatic rings. The number of carbonyl (C=O) groups excluding carboxylic acids is 1. The molecule has 3 rings (SSSR count). The van der Waals surface area contributed by atoms with E-state index in [0.717, 1.165) is 0 Å². The average Bonchev–Trinajstić information content (AvgIpc) is 2.94. The summed E-state index contributed by atoms with van der Waals surface area (Å²) in [7, 11) is 0. The van der Waals surface area contributed by atoms with Crippen LogP contribution in [0.4, 0.5) is 5.82 Å². The van der Waals surface area contributed by atoms with Crippen molar-refractivity contribution in [2.75, 3.05) is 5.73 Å². The van der Waals surface area contributed by atoms with Gasteiger partial charge in [0.05, 0.1) is 0 Å². The molecule has 0 aliphatic heterocycles. The van der Waals surface area contributed by atoms with Crippen LogP contribution in [-0.2, 0) is 0 Å². The van der Waals surface area contributed by atoms with Crippen LogP contribution in [0.5, 0.6) is 0 Å². The predicted molar refractivity (Wildman–Crippen MR) is 64.3 cm³/mol. The quantitative estimate of drug-likeness (QED) is 0.582. The van der Waals surface area contributed by atoms with E-state index in [4.69, 9.17) is 11.5 Å². The van der Waals surface area contributed by atoms with Crippen molar-refractivity contribution in [3.63, 3.8) is 0 Å². The van der Waals surface area contributed by atoms with Gasteiger partial charge in [0.2, 0.25) is 0 Å². The second kappa shape index (κ2) is 3.90. The Kier molecular flexibility index (Phi) is 2.35. The van der Waals surface area contributed by atoms with Crippen LogP contribution in [0.25, 0.3) is 15.9 Å². The number of nitrogens with zero attached hydrogens (tertiary/aromatic N) is 5. The third kappa shape index (κ3) is 1.57. The van der Waals surface area contributed by atoms with Crippen molar-refractivity contribution in [2.45, 2.75) is 0 Å². The fourth-order valence-corrected chi connectivity index (χ4v) is 3.13. The maximum atomic E-state index is 11.0. The molecule has 0 fully saturated rings. The zero-order valence-electron chi connectivity index (χ0n) is 8.94. The molecule has 9 heteroatoms. The van der Waals surface area contributed by atoms with Gasteiger partial charge in [-0.15, -0.1) is 0 Å². The Morgan fingerprint density at radius 1 is 1.33 bits per heavy atom. The molecule has 0 saturated heterocycles. The van der Waals surface area contributed by atoms with Gasteiger partial charge in [0.25, 0.3) is 0 Å². The van der Waals surface area contributed by atoms with Crippen molar-refractivity contribution in [3.8, 4) is 4.69 Å². The van der Waals surface area contributed by atoms with Gasteiger partial charge in [0, 0.05) is 0 Å². The maximum absolute atomic E-state index is 11.0. The minimum atomic E-state index is -0.537. The second-order valence-corrected chi connectivity index (χ2v) is 5.18. The van der Waals surface area contributed by atoms with E-state index in [-0.39, 0.29) is 20.2 Å². The van der Waals surface area contributed by atoms with Crippen molar-refractivity contribution in [1.82, 2.24) is 24.5 Å². The van der Waals surface area contributed by atoms with Gasteiger partial charge in [-0.25, -0.2) is 0 Å². The van der Waals surface area contributed by atoms with E-state index in [1.807, 2.05) is 0 Å². The topological polar surface area (TPSA) is 126 Å². The van der Waals surface area contributed by atoms with Crippen molar-refractivity contribution < 1.29 is 4.79 Å². The molecule has 0 aliphatic carbocycles. The molecule has 1 amide bonds. The van der Waals surface area contributed by atoms with Gasteiger partial charge in [-0.2, -0.15) is 0 Å². The normalized spacial score (nSPS) is 10.9. The fourth-order valence-electron chi connectivity index (χ4n) is 1.48. The number of carbonyl (C=O) groups is 1. The number of aromatic nitrogens is 5. The molecule has 4 N–H and O–H groups in total. The van der Waals surface area contributed by atoms with Crippen LogP contribution >= 0.6 is 0 Å². The first kappa shape index (κ1) is 10.9. The Balaban J connectivity index is 2.19. The Labute approximate surface area is 106 Å². The van der Waals surface area contributed by atoms with Gasteiger partial charge < -0.3 is 0 Å². The number of imidazole rings is 1. The number of rotatable bonds is 2. The summed E-state index contributed by atoms with van der Waals surface area (Å²) in [6, 6.07) is 0. The van der Waals surface area contributed by atoms with Gasteiger partial charge in [-0.3, -0.25) is 0 Å². The first-order valence-electron chi connectivity index (χ1n) is 4.86. The molecular weight excluding hydrogens is 301 g/mol. The van der Waals surface area contributed by atoms with Gasteiger partial charge in [-0.05, 0) is 0 Å². The van der Waals surface area contributed by atoms with Crippen LogP contribution in [0.3, 0.4) is 0 Å². The van der Waals surface area contributed by atoms with Crippen LogP contribution in [0.1, 0.15) is 10.5 Å². The number of nitrogens with two attached hydrogens (primary N) is 2. The van der Waals surface area contributed by atoms with Crippen LogP contribution in [-0.4, -0.2) is 44.9 Å². The van der Waals surface area contributed by atoms with Crippen LogP contribution in [0.15, 0.2) is 17.6 Å². The fraction of sp³-hybridized carbons (Fsp3) is 0. The summed E-state index contributed by atoms with van der Waals surface area (Å²) in [4.78, 5) is 29.0. The molecular formula is C9H7N7OSe. The SMILES string of the molecule is NC(=O)c1c[se]c(-n2cnc3c(N)ncnc32)n1. The van der Waals surface area contributed by atoms with E-state index in [2.05, 4.69) is 19.9 Å². The van der Waals surface area contributed by atoms with Gasteiger partial charge >= 0.3 is 106 Å². The van der Waals surface area contributed by atoms with E-state index in [1.165, 1.54) is 6.33 Å². The van der Waals surface area contributed by atoms with Crippen molar-refractivity contribution in [2.24, 2.45) is 5.73 Å². The molecule has 18 heavy (non-hydrogen) atoms. The first-order valence-corrected chi connectivity index (χ1v) is 6.70. The average molecular weight is 308 g/mol. The van der Waals surface area contributed by atoms with E-state index in [9.17, 15) is 4.79 Å². The van der Waals surface area contributed by atoms with Gasteiger partial charge in [0.15, 0.2) is 0 Å². The molecule has 0 bridgehead atoms. The van der Waals surface area contributed by atoms with Crippen molar-refractivity contribution >= 4 is 37.4 Å². The van der Waals surface area contributed by atoms with E-state index < -0.39 is 5.91 Å². The number of hydrogen-bond acceptors (Lipinski definition) is 6. The Morgan fingerprint density at radius 3 is 2.89 bits per heavy atom. The van der Waals surface area contributed by atoms with Crippen LogP contribution < -0.4 is 11.5 Å². The summed E-state index contributed by atoms with van der Waals surface area (Å²) < 4.78 is 2.39. The van der Waals surface area contributed by atoms with Crippen molar-refractivity contribution in [3.05, 3.63) is 23.3 Å². The molecule has 0 unspecified atom stereocenters. The van der Waals surface area contributed by atoms with Gasteiger partial charge in [0.1, 0.15) is 0 Å². The molecule has 90 valence electrons. The number of nitrogen functional groups attached to an aromatic ring is 1. The number of primary amides is 1. The minimum absolute atomic E-state index is 0.0856. The summed E-state index contributed by atoms with van der Waals surface area (Å²) >= 11 is -0.0856. The number of hydrogen-bond donors (Lipinski definition) is 2. The van der Waals surface area contributed by atoms with Crippen LogP contribution in [0, 0.1) is 0 Å². The summed E-state index contributed by atoms with van der Waals surface area (Å²) in [6.45, 7) is 0. The number of amides is 1. The summed E-state index contributed by atoms with van der Waals surface area (Å²) in [5, 5.41) is 0. The summed E-state index contributed by atoms with van der Waals surface area (Å²) in [5.41, 5.74) is 12.2. The molecule has 8 nitrogen and oxygen atoms in total. The standard InChI is InChI=1S/C9H7N7OSe/c10-6-5-8(13-2-12-6)16(3-14-5)9-15-4(1-18-9)7(11)17/h1-3H,(H2,11,17)(H2,10,12,13). The summed E-state index contributed by atoms with van der Waals surface area (Å²) in [6.07, 6.45) is 2.93. The Bertz CT molecular complexity index is 746. The number of fused-ring (bicyclic) bond motifs is 1. The molecule has 0 atom stereocenters. The van der Waals surface area contributed by atoms with Crippen molar-refractivity contribution in [1.29, 1.82) is 0 Å². The Hall–Kier alpha value is -2.25. The molecule has 0 radical (unpaired) electrons. The summed E-state index contributed by atoms with van der Waals surface area (Å²) in [5.74, 6) is -0.224. The number of anilines is 1. The van der Waals surface area contributed by atoms with E-state index in [1.54, 1.807) is 15.8 Å². The van der Waals surface area contributed by atoms with Gasteiger partial charge in [-0.1, -0.05) is 0 Å². The molecule has 3 heterocycles. The van der Waals surface area contributed by atoms with E-state index in [0.29, 0.717) is 21.7 Å². The zero-order chi connectivity index (χ0) is 12.7. The molecule has 3 aromatic rings. The monoisotopic (exact) mass is 309 g/mol. The zero-order valence-corrected chi connectivity index (χ0v) is 10.7. The third-order valence-electron chi connectivity index (χ3n) is 2.31. The molecule has 0 spiro atoms. The molecule has 0 saturated carbocycles. The third-order valence-corrected chi connectivity index (χ3v) is 4.07. The first-order chi connectivity index (χ1) is 8.66. The van der Waals surface area contributed by atoms with E-state index >= 15 is 0 Å². The second-order valence-electron chi connectivity index (χ2n) is 3.43. The predicted octanol–water partition coefficient (Wildman–Crippen LogP) is -1.05. The Morgan fingerprint density at radius 2 is 2.17 bits per heavy atom. The van der Waals surface area contributed by atoms with Crippen LogP contribution in [0.2, 0.25) is 0 Å². The molecule has 3 aromatic heterocycles.